The summed E-state index contributed by atoms with van der Waals surface area (Å²) in [6.07, 6.45) is -5.23. The summed E-state index contributed by atoms with van der Waals surface area (Å²) >= 11 is 0. The first-order chi connectivity index (χ1) is 7.92. The molecule has 96 valence electrons. The fraction of sp³-hybridized carbons (Fsp3) is 0.455. The number of halogens is 4. The molecule has 17 heavy (non-hydrogen) atoms. The third-order valence-corrected chi connectivity index (χ3v) is 2.04. The van der Waals surface area contributed by atoms with Crippen LogP contribution in [0.15, 0.2) is 18.2 Å². The molecule has 0 aliphatic heterocycles. The second-order valence-corrected chi connectivity index (χ2v) is 3.37. The van der Waals surface area contributed by atoms with Gasteiger partial charge in [0.2, 0.25) is 0 Å². The third-order valence-electron chi connectivity index (χ3n) is 2.04. The number of alkyl halides is 3. The topological polar surface area (TPSA) is 18.5 Å². The van der Waals surface area contributed by atoms with Gasteiger partial charge in [0.15, 0.2) is 0 Å². The summed E-state index contributed by atoms with van der Waals surface area (Å²) in [6, 6.07) is 3.77. The van der Waals surface area contributed by atoms with Crippen LogP contribution in [-0.2, 0) is 11.3 Å². The molecule has 0 atom stereocenters. The summed E-state index contributed by atoms with van der Waals surface area (Å²) in [7, 11) is 1.36. The second kappa shape index (κ2) is 5.86. The van der Waals surface area contributed by atoms with Crippen LogP contribution < -0.4 is 4.74 Å². The summed E-state index contributed by atoms with van der Waals surface area (Å²) < 4.78 is 58.0. The summed E-state index contributed by atoms with van der Waals surface area (Å²) in [5.74, 6) is -0.210. The van der Waals surface area contributed by atoms with Crippen LogP contribution in [0.5, 0.6) is 5.75 Å². The van der Waals surface area contributed by atoms with Crippen LogP contribution in [0.4, 0.5) is 17.6 Å². The molecule has 0 saturated carbocycles. The van der Waals surface area contributed by atoms with Crippen molar-refractivity contribution in [3.05, 3.63) is 29.6 Å². The van der Waals surface area contributed by atoms with Crippen LogP contribution in [-0.4, -0.2) is 19.9 Å². The largest absolute Gasteiger partial charge is 0.496 e. The van der Waals surface area contributed by atoms with Crippen molar-refractivity contribution in [3.63, 3.8) is 0 Å². The quantitative estimate of drug-likeness (QED) is 0.591. The molecule has 0 spiro atoms. The smallest absolute Gasteiger partial charge is 0.391 e. The minimum atomic E-state index is -4.23. The predicted molar refractivity (Wildman–Crippen MR) is 53.3 cm³/mol. The number of ether oxygens (including phenoxy) is 2. The molecule has 0 aliphatic rings. The highest BCUT2D eigenvalue weighted by Crippen LogP contribution is 2.22. The van der Waals surface area contributed by atoms with Crippen molar-refractivity contribution >= 4 is 0 Å². The molecular formula is C11H12F4O2. The van der Waals surface area contributed by atoms with E-state index in [0.29, 0.717) is 5.56 Å². The van der Waals surface area contributed by atoms with Gasteiger partial charge in [-0.3, -0.25) is 0 Å². The van der Waals surface area contributed by atoms with E-state index in [9.17, 15) is 17.6 Å². The Bertz CT molecular complexity index is 363. The van der Waals surface area contributed by atoms with Crippen molar-refractivity contribution in [1.29, 1.82) is 0 Å². The van der Waals surface area contributed by atoms with Crippen molar-refractivity contribution in [3.8, 4) is 5.75 Å². The molecule has 1 aromatic rings. The van der Waals surface area contributed by atoms with Crippen molar-refractivity contribution in [2.24, 2.45) is 0 Å². The summed E-state index contributed by atoms with van der Waals surface area (Å²) in [5.41, 5.74) is 0.510. The Hall–Kier alpha value is -1.30. The van der Waals surface area contributed by atoms with E-state index < -0.39 is 25.0 Å². The molecule has 1 aromatic carbocycles. The minimum Gasteiger partial charge on any atom is -0.496 e. The summed E-state index contributed by atoms with van der Waals surface area (Å²) in [5, 5.41) is 0. The Morgan fingerprint density at radius 3 is 2.53 bits per heavy atom. The Morgan fingerprint density at radius 2 is 1.94 bits per heavy atom. The molecule has 2 nitrogen and oxygen atoms in total. The highest BCUT2D eigenvalue weighted by Gasteiger charge is 2.26. The SMILES string of the molecule is COc1cc(F)ccc1COCCC(F)(F)F. The van der Waals surface area contributed by atoms with E-state index in [1.54, 1.807) is 0 Å². The van der Waals surface area contributed by atoms with E-state index in [2.05, 4.69) is 0 Å². The van der Waals surface area contributed by atoms with Gasteiger partial charge in [-0.2, -0.15) is 13.2 Å². The van der Waals surface area contributed by atoms with Gasteiger partial charge in [0, 0.05) is 11.6 Å². The third kappa shape index (κ3) is 5.04. The van der Waals surface area contributed by atoms with Gasteiger partial charge in [-0.1, -0.05) is 6.07 Å². The number of rotatable bonds is 5. The summed E-state index contributed by atoms with van der Waals surface area (Å²) in [4.78, 5) is 0. The fourth-order valence-corrected chi connectivity index (χ4v) is 1.21. The molecule has 0 fully saturated rings. The van der Waals surface area contributed by atoms with E-state index in [-0.39, 0.29) is 12.4 Å². The van der Waals surface area contributed by atoms with Gasteiger partial charge in [-0.15, -0.1) is 0 Å². The zero-order valence-electron chi connectivity index (χ0n) is 9.18. The molecule has 0 amide bonds. The molecular weight excluding hydrogens is 240 g/mol. The Morgan fingerprint density at radius 1 is 1.24 bits per heavy atom. The van der Waals surface area contributed by atoms with Crippen LogP contribution in [0.1, 0.15) is 12.0 Å². The van der Waals surface area contributed by atoms with Crippen LogP contribution in [0.25, 0.3) is 0 Å². The monoisotopic (exact) mass is 252 g/mol. The molecule has 0 aromatic heterocycles. The number of hydrogen-bond donors (Lipinski definition) is 0. The highest BCUT2D eigenvalue weighted by atomic mass is 19.4. The molecule has 0 radical (unpaired) electrons. The van der Waals surface area contributed by atoms with E-state index in [4.69, 9.17) is 9.47 Å². The van der Waals surface area contributed by atoms with Gasteiger partial charge in [0.25, 0.3) is 0 Å². The van der Waals surface area contributed by atoms with Crippen LogP contribution in [0.2, 0.25) is 0 Å². The lowest BCUT2D eigenvalue weighted by atomic mass is 10.2. The summed E-state index contributed by atoms with van der Waals surface area (Å²) in [6.45, 7) is -0.469. The standard InChI is InChI=1S/C11H12F4O2/c1-16-10-6-9(12)3-2-8(10)7-17-5-4-11(13,14)15/h2-3,6H,4-5,7H2,1H3. The first-order valence-electron chi connectivity index (χ1n) is 4.89. The van der Waals surface area contributed by atoms with Crippen LogP contribution >= 0.6 is 0 Å². The second-order valence-electron chi connectivity index (χ2n) is 3.37. The lowest BCUT2D eigenvalue weighted by Crippen LogP contribution is -2.11. The van der Waals surface area contributed by atoms with Crippen molar-refractivity contribution in [2.75, 3.05) is 13.7 Å². The van der Waals surface area contributed by atoms with E-state index >= 15 is 0 Å². The maximum absolute atomic E-state index is 12.8. The van der Waals surface area contributed by atoms with Crippen LogP contribution in [0, 0.1) is 5.82 Å². The van der Waals surface area contributed by atoms with Crippen molar-refractivity contribution in [2.45, 2.75) is 19.2 Å². The molecule has 0 aliphatic carbocycles. The lowest BCUT2D eigenvalue weighted by molar-refractivity contribution is -0.146. The number of methoxy groups -OCH3 is 1. The molecule has 0 N–H and O–H groups in total. The Kier molecular flexibility index (Phi) is 4.74. The maximum atomic E-state index is 12.8. The first kappa shape index (κ1) is 13.8. The normalized spacial score (nSPS) is 11.6. The average Bonchev–Trinajstić information content (AvgIpc) is 2.24. The zero-order chi connectivity index (χ0) is 12.9. The van der Waals surface area contributed by atoms with Gasteiger partial charge in [-0.25, -0.2) is 4.39 Å². The fourth-order valence-electron chi connectivity index (χ4n) is 1.21. The number of hydrogen-bond acceptors (Lipinski definition) is 2. The molecule has 0 saturated heterocycles. The van der Waals surface area contributed by atoms with Gasteiger partial charge in [0.1, 0.15) is 11.6 Å². The van der Waals surface area contributed by atoms with Gasteiger partial charge in [0.05, 0.1) is 26.7 Å². The molecule has 6 heteroatoms. The molecule has 0 bridgehead atoms. The van der Waals surface area contributed by atoms with E-state index in [1.165, 1.54) is 19.2 Å². The maximum Gasteiger partial charge on any atom is 0.391 e. The molecule has 0 heterocycles. The van der Waals surface area contributed by atoms with Crippen LogP contribution in [0.3, 0.4) is 0 Å². The minimum absolute atomic E-state index is 0.0421. The van der Waals surface area contributed by atoms with E-state index in [1.807, 2.05) is 0 Å². The van der Waals surface area contributed by atoms with Crippen molar-refractivity contribution in [1.82, 2.24) is 0 Å². The number of benzene rings is 1. The molecule has 0 unspecified atom stereocenters. The van der Waals surface area contributed by atoms with Gasteiger partial charge >= 0.3 is 6.18 Å². The Balaban J connectivity index is 2.46. The Labute approximate surface area is 96.1 Å². The van der Waals surface area contributed by atoms with Crippen molar-refractivity contribution < 1.29 is 27.0 Å². The predicted octanol–water partition coefficient (Wildman–Crippen LogP) is 3.30. The first-order valence-corrected chi connectivity index (χ1v) is 4.89. The molecule has 1 rings (SSSR count). The highest BCUT2D eigenvalue weighted by molar-refractivity contribution is 5.33. The lowest BCUT2D eigenvalue weighted by Gasteiger charge is -2.10. The van der Waals surface area contributed by atoms with E-state index in [0.717, 1.165) is 6.07 Å². The average molecular weight is 252 g/mol. The zero-order valence-corrected chi connectivity index (χ0v) is 9.18. The van der Waals surface area contributed by atoms with Gasteiger partial charge in [-0.05, 0) is 6.07 Å². The van der Waals surface area contributed by atoms with Gasteiger partial charge < -0.3 is 9.47 Å².